The number of rotatable bonds is 3. The van der Waals surface area contributed by atoms with Gasteiger partial charge >= 0.3 is 0 Å². The molecule has 1 aromatic heterocycles. The molecular weight excluding hydrogens is 204 g/mol. The third-order valence-electron chi connectivity index (χ3n) is 2.63. The van der Waals surface area contributed by atoms with Crippen LogP contribution in [-0.2, 0) is 7.05 Å². The molecule has 0 aliphatic carbocycles. The highest BCUT2D eigenvalue weighted by molar-refractivity contribution is 5.92. The van der Waals surface area contributed by atoms with Crippen molar-refractivity contribution < 1.29 is 9.90 Å². The van der Waals surface area contributed by atoms with Crippen LogP contribution in [0, 0.1) is 5.41 Å². The van der Waals surface area contributed by atoms with Gasteiger partial charge in [0.25, 0.3) is 5.91 Å². The minimum absolute atomic E-state index is 0.157. The molecule has 0 aliphatic heterocycles. The molecule has 4 nitrogen and oxygen atoms in total. The van der Waals surface area contributed by atoms with Gasteiger partial charge in [-0.2, -0.15) is 0 Å². The number of hydrogen-bond acceptors (Lipinski definition) is 2. The summed E-state index contributed by atoms with van der Waals surface area (Å²) in [4.78, 5) is 11.7. The van der Waals surface area contributed by atoms with Crippen molar-refractivity contribution in [3.8, 4) is 0 Å². The zero-order chi connectivity index (χ0) is 12.3. The number of aliphatic hydroxyl groups excluding tert-OH is 1. The maximum Gasteiger partial charge on any atom is 0.267 e. The molecule has 0 radical (unpaired) electrons. The van der Waals surface area contributed by atoms with Gasteiger partial charge in [-0.15, -0.1) is 0 Å². The predicted molar refractivity (Wildman–Crippen MR) is 63.2 cm³/mol. The average molecular weight is 224 g/mol. The second-order valence-electron chi connectivity index (χ2n) is 5.10. The van der Waals surface area contributed by atoms with Gasteiger partial charge in [0, 0.05) is 19.8 Å². The highest BCUT2D eigenvalue weighted by Crippen LogP contribution is 2.18. The van der Waals surface area contributed by atoms with E-state index in [2.05, 4.69) is 5.32 Å². The normalized spacial score (nSPS) is 13.6. The Bertz CT molecular complexity index is 363. The van der Waals surface area contributed by atoms with Gasteiger partial charge in [0.15, 0.2) is 0 Å². The summed E-state index contributed by atoms with van der Waals surface area (Å²) in [7, 11) is 1.81. The van der Waals surface area contributed by atoms with Crippen LogP contribution in [0.5, 0.6) is 0 Å². The average Bonchev–Trinajstić information content (AvgIpc) is 2.58. The predicted octanol–water partition coefficient (Wildman–Crippen LogP) is 1.16. The Labute approximate surface area is 96.3 Å². The molecule has 0 bridgehead atoms. The first kappa shape index (κ1) is 12.8. The van der Waals surface area contributed by atoms with E-state index < -0.39 is 6.10 Å². The van der Waals surface area contributed by atoms with E-state index in [4.69, 9.17) is 0 Å². The molecular formula is C12H20N2O2. The molecule has 1 rings (SSSR count). The summed E-state index contributed by atoms with van der Waals surface area (Å²) >= 11 is 0. The fourth-order valence-electron chi connectivity index (χ4n) is 1.28. The van der Waals surface area contributed by atoms with Crippen LogP contribution < -0.4 is 5.32 Å². The zero-order valence-electron chi connectivity index (χ0n) is 10.3. The van der Waals surface area contributed by atoms with E-state index >= 15 is 0 Å². The molecule has 1 atom stereocenters. The highest BCUT2D eigenvalue weighted by atomic mass is 16.3. The number of aryl methyl sites for hydroxylation is 1. The van der Waals surface area contributed by atoms with Crippen molar-refractivity contribution in [1.82, 2.24) is 9.88 Å². The van der Waals surface area contributed by atoms with E-state index in [0.717, 1.165) is 0 Å². The topological polar surface area (TPSA) is 54.3 Å². The molecule has 1 amide bonds. The first-order chi connectivity index (χ1) is 7.32. The lowest BCUT2D eigenvalue weighted by molar-refractivity contribution is 0.0584. The molecule has 0 fully saturated rings. The van der Waals surface area contributed by atoms with Crippen LogP contribution in [0.4, 0.5) is 0 Å². The Morgan fingerprint density at radius 2 is 2.19 bits per heavy atom. The SMILES string of the molecule is Cn1cccc1C(=O)NCC(O)C(C)(C)C. The molecule has 90 valence electrons. The Kier molecular flexibility index (Phi) is 3.75. The Morgan fingerprint density at radius 3 is 2.62 bits per heavy atom. The standard InChI is InChI=1S/C12H20N2O2/c1-12(2,3)10(15)8-13-11(16)9-6-5-7-14(9)4/h5-7,10,15H,8H2,1-4H3,(H,13,16). The van der Waals surface area contributed by atoms with Crippen molar-refractivity contribution in [1.29, 1.82) is 0 Å². The lowest BCUT2D eigenvalue weighted by Gasteiger charge is -2.25. The van der Waals surface area contributed by atoms with Gasteiger partial charge in [-0.05, 0) is 17.5 Å². The fourth-order valence-corrected chi connectivity index (χ4v) is 1.28. The van der Waals surface area contributed by atoms with Gasteiger partial charge < -0.3 is 15.0 Å². The molecule has 16 heavy (non-hydrogen) atoms. The lowest BCUT2D eigenvalue weighted by Crippen LogP contribution is -2.39. The molecule has 1 heterocycles. The number of aromatic nitrogens is 1. The van der Waals surface area contributed by atoms with Crippen LogP contribution in [0.3, 0.4) is 0 Å². The minimum Gasteiger partial charge on any atom is -0.391 e. The van der Waals surface area contributed by atoms with Gasteiger partial charge in [0.2, 0.25) is 0 Å². The van der Waals surface area contributed by atoms with Crippen molar-refractivity contribution in [2.45, 2.75) is 26.9 Å². The van der Waals surface area contributed by atoms with Crippen LogP contribution in [-0.4, -0.2) is 28.2 Å². The van der Waals surface area contributed by atoms with E-state index in [-0.39, 0.29) is 17.9 Å². The van der Waals surface area contributed by atoms with Crippen molar-refractivity contribution in [3.05, 3.63) is 24.0 Å². The highest BCUT2D eigenvalue weighted by Gasteiger charge is 2.22. The summed E-state index contributed by atoms with van der Waals surface area (Å²) in [5.74, 6) is -0.157. The summed E-state index contributed by atoms with van der Waals surface area (Å²) in [5, 5.41) is 12.5. The van der Waals surface area contributed by atoms with Crippen LogP contribution in [0.15, 0.2) is 18.3 Å². The van der Waals surface area contributed by atoms with E-state index in [1.807, 2.05) is 40.1 Å². The quantitative estimate of drug-likeness (QED) is 0.809. The van der Waals surface area contributed by atoms with Crippen LogP contribution in [0.2, 0.25) is 0 Å². The van der Waals surface area contributed by atoms with Gasteiger partial charge in [-0.25, -0.2) is 0 Å². The van der Waals surface area contributed by atoms with Crippen molar-refractivity contribution >= 4 is 5.91 Å². The molecule has 4 heteroatoms. The summed E-state index contributed by atoms with van der Waals surface area (Å²) < 4.78 is 1.75. The summed E-state index contributed by atoms with van der Waals surface area (Å²) in [6.07, 6.45) is 1.27. The van der Waals surface area contributed by atoms with E-state index in [0.29, 0.717) is 5.69 Å². The molecule has 1 aromatic rings. The summed E-state index contributed by atoms with van der Waals surface area (Å²) in [5.41, 5.74) is 0.378. The Hall–Kier alpha value is -1.29. The molecule has 0 saturated carbocycles. The third kappa shape index (κ3) is 3.10. The molecule has 2 N–H and O–H groups in total. The minimum atomic E-state index is -0.545. The van der Waals surface area contributed by atoms with Crippen LogP contribution in [0.1, 0.15) is 31.3 Å². The van der Waals surface area contributed by atoms with Gasteiger partial charge in [-0.3, -0.25) is 4.79 Å². The smallest absolute Gasteiger partial charge is 0.267 e. The Balaban J connectivity index is 2.52. The van der Waals surface area contributed by atoms with Crippen molar-refractivity contribution in [3.63, 3.8) is 0 Å². The monoisotopic (exact) mass is 224 g/mol. The zero-order valence-corrected chi connectivity index (χ0v) is 10.3. The molecule has 0 aliphatic rings. The first-order valence-corrected chi connectivity index (χ1v) is 5.40. The van der Waals surface area contributed by atoms with Gasteiger partial charge in [0.05, 0.1) is 6.10 Å². The second kappa shape index (κ2) is 4.70. The molecule has 1 unspecified atom stereocenters. The van der Waals surface area contributed by atoms with Gasteiger partial charge in [0.1, 0.15) is 5.69 Å². The largest absolute Gasteiger partial charge is 0.391 e. The second-order valence-corrected chi connectivity index (χ2v) is 5.10. The summed E-state index contributed by atoms with van der Waals surface area (Å²) in [6, 6.07) is 3.56. The third-order valence-corrected chi connectivity index (χ3v) is 2.63. The fraction of sp³-hybridized carbons (Fsp3) is 0.583. The van der Waals surface area contributed by atoms with Crippen LogP contribution >= 0.6 is 0 Å². The van der Waals surface area contributed by atoms with E-state index in [9.17, 15) is 9.90 Å². The number of hydrogen-bond donors (Lipinski definition) is 2. The number of nitrogens with zero attached hydrogens (tertiary/aromatic N) is 1. The maximum absolute atomic E-state index is 11.7. The first-order valence-electron chi connectivity index (χ1n) is 5.40. The summed E-state index contributed by atoms with van der Waals surface area (Å²) in [6.45, 7) is 6.08. The van der Waals surface area contributed by atoms with E-state index in [1.54, 1.807) is 10.6 Å². The Morgan fingerprint density at radius 1 is 1.56 bits per heavy atom. The van der Waals surface area contributed by atoms with Crippen molar-refractivity contribution in [2.24, 2.45) is 12.5 Å². The number of amides is 1. The maximum atomic E-state index is 11.7. The van der Waals surface area contributed by atoms with E-state index in [1.165, 1.54) is 0 Å². The molecule has 0 spiro atoms. The number of nitrogens with one attached hydrogen (secondary N) is 1. The number of aliphatic hydroxyl groups is 1. The number of carbonyl (C=O) groups is 1. The lowest BCUT2D eigenvalue weighted by atomic mass is 9.89. The molecule has 0 aromatic carbocycles. The molecule has 0 saturated heterocycles. The van der Waals surface area contributed by atoms with Crippen LogP contribution in [0.25, 0.3) is 0 Å². The van der Waals surface area contributed by atoms with Crippen molar-refractivity contribution in [2.75, 3.05) is 6.54 Å². The van der Waals surface area contributed by atoms with Gasteiger partial charge in [-0.1, -0.05) is 20.8 Å². The number of carbonyl (C=O) groups excluding carboxylic acids is 1.